The maximum Gasteiger partial charge on any atom is 0.278 e. The molecule has 0 fully saturated rings. The van der Waals surface area contributed by atoms with Gasteiger partial charge in [0.25, 0.3) is 11.8 Å². The normalized spacial score (nSPS) is 13.9. The number of amides is 2. The SMILES string of the molecule is COCCCN1C(=O)C(Nc2ccccc2OC)=C(c2ccc(OC(C)C)cc2)C1=O. The summed E-state index contributed by atoms with van der Waals surface area (Å²) in [5, 5.41) is 3.14. The van der Waals surface area contributed by atoms with E-state index in [-0.39, 0.29) is 30.2 Å². The average Bonchev–Trinajstić information content (AvgIpc) is 2.99. The van der Waals surface area contributed by atoms with Gasteiger partial charge >= 0.3 is 0 Å². The number of benzene rings is 2. The van der Waals surface area contributed by atoms with Crippen molar-refractivity contribution in [3.05, 3.63) is 59.8 Å². The van der Waals surface area contributed by atoms with E-state index in [1.807, 2.05) is 26.0 Å². The monoisotopic (exact) mass is 424 g/mol. The Labute approximate surface area is 182 Å². The minimum atomic E-state index is -0.371. The van der Waals surface area contributed by atoms with Crippen molar-refractivity contribution in [1.82, 2.24) is 4.90 Å². The molecule has 2 aromatic rings. The molecule has 1 heterocycles. The molecule has 2 amide bonds. The Bertz CT molecular complexity index is 966. The molecule has 0 atom stereocenters. The zero-order valence-corrected chi connectivity index (χ0v) is 18.3. The number of hydrogen-bond donors (Lipinski definition) is 1. The maximum atomic E-state index is 13.2. The fourth-order valence-electron chi connectivity index (χ4n) is 3.38. The van der Waals surface area contributed by atoms with Crippen LogP contribution in [0.4, 0.5) is 5.69 Å². The Morgan fingerprint density at radius 2 is 1.68 bits per heavy atom. The number of hydrogen-bond acceptors (Lipinski definition) is 6. The zero-order chi connectivity index (χ0) is 22.4. The first-order valence-electron chi connectivity index (χ1n) is 10.2. The molecular formula is C24H28N2O5. The third-order valence-corrected chi connectivity index (χ3v) is 4.78. The number of anilines is 1. The smallest absolute Gasteiger partial charge is 0.278 e. The average molecular weight is 424 g/mol. The van der Waals surface area contributed by atoms with E-state index in [0.717, 1.165) is 0 Å². The van der Waals surface area contributed by atoms with Gasteiger partial charge in [0.2, 0.25) is 0 Å². The Kier molecular flexibility index (Phi) is 7.31. The standard InChI is InChI=1S/C24H28N2O5/c1-16(2)31-18-12-10-17(11-13-18)21-22(25-19-8-5-6-9-20(19)30-4)24(28)26(23(21)27)14-7-15-29-3/h5-6,8-13,16,25H,7,14-15H2,1-4H3. The number of carbonyl (C=O) groups is 2. The summed E-state index contributed by atoms with van der Waals surface area (Å²) in [6.07, 6.45) is 0.600. The molecule has 1 N–H and O–H groups in total. The van der Waals surface area contributed by atoms with Gasteiger partial charge in [0.15, 0.2) is 0 Å². The van der Waals surface area contributed by atoms with E-state index in [1.54, 1.807) is 50.6 Å². The van der Waals surface area contributed by atoms with Gasteiger partial charge in [-0.3, -0.25) is 14.5 Å². The van der Waals surface area contributed by atoms with Crippen LogP contribution >= 0.6 is 0 Å². The predicted octanol–water partition coefficient (Wildman–Crippen LogP) is 3.71. The molecule has 1 aliphatic heterocycles. The fraction of sp³-hybridized carbons (Fsp3) is 0.333. The summed E-state index contributed by atoms with van der Waals surface area (Å²) in [7, 11) is 3.15. The van der Waals surface area contributed by atoms with Crippen molar-refractivity contribution in [3.8, 4) is 11.5 Å². The summed E-state index contributed by atoms with van der Waals surface area (Å²) in [6.45, 7) is 4.63. The lowest BCUT2D eigenvalue weighted by atomic mass is 10.0. The second kappa shape index (κ2) is 10.1. The molecule has 164 valence electrons. The quantitative estimate of drug-likeness (QED) is 0.463. The minimum Gasteiger partial charge on any atom is -0.495 e. The molecule has 3 rings (SSSR count). The summed E-state index contributed by atoms with van der Waals surface area (Å²) < 4.78 is 16.2. The van der Waals surface area contributed by atoms with Crippen molar-refractivity contribution < 1.29 is 23.8 Å². The zero-order valence-electron chi connectivity index (χ0n) is 18.3. The summed E-state index contributed by atoms with van der Waals surface area (Å²) in [5.41, 5.74) is 1.80. The largest absolute Gasteiger partial charge is 0.495 e. The third-order valence-electron chi connectivity index (χ3n) is 4.78. The lowest BCUT2D eigenvalue weighted by Gasteiger charge is -2.15. The van der Waals surface area contributed by atoms with Crippen LogP contribution in [0, 0.1) is 0 Å². The van der Waals surface area contributed by atoms with Gasteiger partial charge in [-0.1, -0.05) is 24.3 Å². The Morgan fingerprint density at radius 1 is 0.968 bits per heavy atom. The molecule has 0 bridgehead atoms. The summed E-state index contributed by atoms with van der Waals surface area (Å²) in [4.78, 5) is 27.7. The molecule has 0 radical (unpaired) electrons. The van der Waals surface area contributed by atoms with E-state index in [1.165, 1.54) is 4.90 Å². The van der Waals surface area contributed by atoms with Gasteiger partial charge in [-0.15, -0.1) is 0 Å². The van der Waals surface area contributed by atoms with Crippen molar-refractivity contribution in [3.63, 3.8) is 0 Å². The van der Waals surface area contributed by atoms with E-state index in [0.29, 0.717) is 41.4 Å². The summed E-state index contributed by atoms with van der Waals surface area (Å²) in [5.74, 6) is 0.570. The number of carbonyl (C=O) groups excluding carboxylic acids is 2. The molecule has 0 saturated heterocycles. The van der Waals surface area contributed by atoms with Crippen LogP contribution in [-0.2, 0) is 14.3 Å². The van der Waals surface area contributed by atoms with Gasteiger partial charge in [-0.2, -0.15) is 0 Å². The molecule has 0 spiro atoms. The molecule has 0 aliphatic carbocycles. The van der Waals surface area contributed by atoms with Gasteiger partial charge < -0.3 is 19.5 Å². The van der Waals surface area contributed by atoms with E-state index < -0.39 is 0 Å². The van der Waals surface area contributed by atoms with E-state index in [9.17, 15) is 9.59 Å². The minimum absolute atomic E-state index is 0.0406. The topological polar surface area (TPSA) is 77.1 Å². The van der Waals surface area contributed by atoms with Crippen LogP contribution in [-0.4, -0.2) is 50.2 Å². The van der Waals surface area contributed by atoms with Gasteiger partial charge in [-0.05, 0) is 50.1 Å². The molecule has 31 heavy (non-hydrogen) atoms. The molecule has 2 aromatic carbocycles. The third kappa shape index (κ3) is 5.06. The number of imide groups is 1. The molecule has 0 aromatic heterocycles. The second-order valence-corrected chi connectivity index (χ2v) is 7.37. The first-order valence-corrected chi connectivity index (χ1v) is 10.2. The Balaban J connectivity index is 1.99. The summed E-state index contributed by atoms with van der Waals surface area (Å²) in [6, 6.07) is 14.4. The summed E-state index contributed by atoms with van der Waals surface area (Å²) >= 11 is 0. The van der Waals surface area contributed by atoms with Crippen molar-refractivity contribution in [1.29, 1.82) is 0 Å². The Hall–Kier alpha value is -3.32. The number of rotatable bonds is 10. The van der Waals surface area contributed by atoms with E-state index in [2.05, 4.69) is 5.32 Å². The molecular weight excluding hydrogens is 396 g/mol. The van der Waals surface area contributed by atoms with Crippen molar-refractivity contribution in [2.75, 3.05) is 32.7 Å². The highest BCUT2D eigenvalue weighted by Crippen LogP contribution is 2.34. The highest BCUT2D eigenvalue weighted by Gasteiger charge is 2.39. The van der Waals surface area contributed by atoms with Gasteiger partial charge in [0.05, 0.1) is 24.5 Å². The van der Waals surface area contributed by atoms with Crippen molar-refractivity contribution in [2.24, 2.45) is 0 Å². The van der Waals surface area contributed by atoms with Crippen LogP contribution in [0.1, 0.15) is 25.8 Å². The number of para-hydroxylation sites is 2. The van der Waals surface area contributed by atoms with Crippen LogP contribution in [0.5, 0.6) is 11.5 Å². The maximum absolute atomic E-state index is 13.2. The van der Waals surface area contributed by atoms with E-state index in [4.69, 9.17) is 14.2 Å². The van der Waals surface area contributed by atoms with Crippen molar-refractivity contribution in [2.45, 2.75) is 26.4 Å². The van der Waals surface area contributed by atoms with Crippen LogP contribution in [0.2, 0.25) is 0 Å². The predicted molar refractivity (Wildman–Crippen MR) is 119 cm³/mol. The first kappa shape index (κ1) is 22.4. The van der Waals surface area contributed by atoms with Crippen LogP contribution in [0.25, 0.3) is 5.57 Å². The number of nitrogens with one attached hydrogen (secondary N) is 1. The molecule has 7 nitrogen and oxygen atoms in total. The molecule has 0 saturated carbocycles. The number of nitrogens with zero attached hydrogens (tertiary/aromatic N) is 1. The fourth-order valence-corrected chi connectivity index (χ4v) is 3.38. The lowest BCUT2D eigenvalue weighted by molar-refractivity contribution is -0.136. The van der Waals surface area contributed by atoms with Crippen molar-refractivity contribution >= 4 is 23.1 Å². The lowest BCUT2D eigenvalue weighted by Crippen LogP contribution is -2.33. The van der Waals surface area contributed by atoms with Gasteiger partial charge in [0, 0.05) is 20.3 Å². The first-order chi connectivity index (χ1) is 15.0. The number of methoxy groups -OCH3 is 2. The van der Waals surface area contributed by atoms with Crippen LogP contribution in [0.15, 0.2) is 54.2 Å². The van der Waals surface area contributed by atoms with Gasteiger partial charge in [0.1, 0.15) is 17.2 Å². The highest BCUT2D eigenvalue weighted by atomic mass is 16.5. The van der Waals surface area contributed by atoms with Gasteiger partial charge in [-0.25, -0.2) is 0 Å². The second-order valence-electron chi connectivity index (χ2n) is 7.37. The highest BCUT2D eigenvalue weighted by molar-refractivity contribution is 6.36. The molecule has 0 unspecified atom stereocenters. The Morgan fingerprint density at radius 3 is 2.32 bits per heavy atom. The number of ether oxygens (including phenoxy) is 3. The van der Waals surface area contributed by atoms with E-state index >= 15 is 0 Å². The van der Waals surface area contributed by atoms with Crippen LogP contribution in [0.3, 0.4) is 0 Å². The van der Waals surface area contributed by atoms with Crippen LogP contribution < -0.4 is 14.8 Å². The molecule has 7 heteroatoms. The molecule has 1 aliphatic rings.